The van der Waals surface area contributed by atoms with Gasteiger partial charge in [-0.25, -0.2) is 0 Å². The van der Waals surface area contributed by atoms with Gasteiger partial charge in [-0.05, 0) is 74.9 Å². The number of Topliss-reactive ketones (excluding diaryl/α,β-unsaturated/α-hetero) is 1. The summed E-state index contributed by atoms with van der Waals surface area (Å²) in [6.07, 6.45) is -8.73. The van der Waals surface area contributed by atoms with Crippen LogP contribution < -0.4 is 0 Å². The SMILES string of the molecule is CC[C@@H]1OC(=O)[C@H](C)[C@H](O[C@@H]2C[C@@](C)(OC)[C@@H](O)[C@H](C)O2)[C@H](C)[C@@H](O[C@@H]2O[C@H](C)C[C@H](N(C)C)[C@H]2O)[C@](C)(OC)C[C@@H](C)C(=O)[C@H](C)[C@H](O)[C@]1(C)O. The fourth-order valence-corrected chi connectivity index (χ4v) is 8.58. The topological polar surface area (TPSA) is 183 Å². The molecule has 0 aromatic heterocycles. The highest BCUT2D eigenvalue weighted by Gasteiger charge is 2.54. The van der Waals surface area contributed by atoms with E-state index < -0.39 is 102 Å². The second-order valence-electron chi connectivity index (χ2n) is 16.6. The van der Waals surface area contributed by atoms with Crippen LogP contribution in [0.1, 0.15) is 94.9 Å². The first-order valence-electron chi connectivity index (χ1n) is 18.9. The molecule has 0 unspecified atom stereocenters. The van der Waals surface area contributed by atoms with Gasteiger partial charge >= 0.3 is 5.97 Å². The molecule has 3 aliphatic rings. The van der Waals surface area contributed by atoms with Crippen molar-refractivity contribution in [2.75, 3.05) is 28.3 Å². The minimum absolute atomic E-state index is 0.111. The van der Waals surface area contributed by atoms with Gasteiger partial charge in [-0.15, -0.1) is 0 Å². The van der Waals surface area contributed by atoms with Crippen LogP contribution in [0.15, 0.2) is 0 Å². The van der Waals surface area contributed by atoms with Crippen LogP contribution in [-0.4, -0.2) is 150 Å². The molecule has 0 amide bonds. The molecular weight excluding hydrogens is 678 g/mol. The maximum atomic E-state index is 14.2. The second kappa shape index (κ2) is 17.7. The van der Waals surface area contributed by atoms with E-state index in [1.165, 1.54) is 21.1 Å². The predicted molar refractivity (Wildman–Crippen MR) is 191 cm³/mol. The molecule has 0 aromatic rings. The van der Waals surface area contributed by atoms with Crippen molar-refractivity contribution in [1.82, 2.24) is 4.90 Å². The first kappa shape index (κ1) is 45.1. The number of ketones is 1. The summed E-state index contributed by atoms with van der Waals surface area (Å²) in [5.41, 5.74) is -4.24. The highest BCUT2D eigenvalue weighted by atomic mass is 16.7. The van der Waals surface area contributed by atoms with Crippen molar-refractivity contribution >= 4 is 11.8 Å². The van der Waals surface area contributed by atoms with E-state index in [2.05, 4.69) is 0 Å². The van der Waals surface area contributed by atoms with Gasteiger partial charge in [-0.3, -0.25) is 9.59 Å². The average molecular weight is 748 g/mol. The summed E-state index contributed by atoms with van der Waals surface area (Å²) in [6.45, 7) is 17.1. The number of methoxy groups -OCH3 is 2. The lowest BCUT2D eigenvalue weighted by Crippen LogP contribution is -2.61. The molecule has 18 atom stereocenters. The molecule has 14 heteroatoms. The number of ether oxygens (including phenoxy) is 7. The Bertz CT molecular complexity index is 1190. The third-order valence-corrected chi connectivity index (χ3v) is 12.3. The lowest BCUT2D eigenvalue weighted by molar-refractivity contribution is -0.319. The Labute approximate surface area is 310 Å². The van der Waals surface area contributed by atoms with E-state index in [0.717, 1.165) is 0 Å². The van der Waals surface area contributed by atoms with Crippen LogP contribution in [0.25, 0.3) is 0 Å². The number of esters is 1. The Morgan fingerprint density at radius 1 is 0.846 bits per heavy atom. The minimum atomic E-state index is -1.96. The van der Waals surface area contributed by atoms with Crippen molar-refractivity contribution < 1.29 is 63.2 Å². The summed E-state index contributed by atoms with van der Waals surface area (Å²) < 4.78 is 43.9. The van der Waals surface area contributed by atoms with Crippen LogP contribution in [0.5, 0.6) is 0 Å². The highest BCUT2D eigenvalue weighted by molar-refractivity contribution is 5.83. The summed E-state index contributed by atoms with van der Waals surface area (Å²) in [4.78, 5) is 30.1. The molecule has 0 radical (unpaired) electrons. The molecule has 0 bridgehead atoms. The van der Waals surface area contributed by atoms with Gasteiger partial charge in [-0.1, -0.05) is 27.7 Å². The van der Waals surface area contributed by atoms with Crippen LogP contribution >= 0.6 is 0 Å². The van der Waals surface area contributed by atoms with Crippen molar-refractivity contribution in [2.24, 2.45) is 23.7 Å². The fraction of sp³-hybridized carbons (Fsp3) is 0.947. The van der Waals surface area contributed by atoms with Gasteiger partial charge in [-0.2, -0.15) is 0 Å². The summed E-state index contributed by atoms with van der Waals surface area (Å²) in [6, 6.07) is -0.283. The number of rotatable bonds is 8. The number of aliphatic hydroxyl groups is 4. The standard InChI is InChI=1S/C38H69NO13/c1-15-26-38(10,45)31(42)21(4)28(40)19(2)17-37(9,47-14)33(52-35-29(41)25(39(11)12)16-20(3)48-35)22(5)30(23(6)34(44)50-26)51-27-18-36(8,46-13)32(43)24(7)49-27/h19-27,29-33,35,41-43,45H,15-18H2,1-14H3/t19-,20-,21+,22+,23-,24+,25+,26+,27-,29-,30-,31+,32+,33-,35+,36-,37-,38-/m1/s1. The Morgan fingerprint density at radius 2 is 1.44 bits per heavy atom. The van der Waals surface area contributed by atoms with Gasteiger partial charge in [0.15, 0.2) is 12.6 Å². The predicted octanol–water partition coefficient (Wildman–Crippen LogP) is 2.44. The smallest absolute Gasteiger partial charge is 0.311 e. The van der Waals surface area contributed by atoms with Crippen molar-refractivity contribution in [1.29, 1.82) is 0 Å². The summed E-state index contributed by atoms with van der Waals surface area (Å²) >= 11 is 0. The summed E-state index contributed by atoms with van der Waals surface area (Å²) in [5.74, 6) is -4.47. The minimum Gasteiger partial charge on any atom is -0.459 e. The molecule has 3 rings (SSSR count). The molecule has 0 aliphatic carbocycles. The number of aliphatic hydroxyl groups excluding tert-OH is 3. The van der Waals surface area contributed by atoms with Crippen LogP contribution in [-0.2, 0) is 42.7 Å². The van der Waals surface area contributed by atoms with Crippen LogP contribution in [0.4, 0.5) is 0 Å². The first-order chi connectivity index (χ1) is 24.0. The Balaban J connectivity index is 2.22. The van der Waals surface area contributed by atoms with Gasteiger partial charge in [0.2, 0.25) is 0 Å². The van der Waals surface area contributed by atoms with Crippen molar-refractivity contribution in [3.63, 3.8) is 0 Å². The molecule has 14 nitrogen and oxygen atoms in total. The van der Waals surface area contributed by atoms with Crippen LogP contribution in [0.3, 0.4) is 0 Å². The summed E-state index contributed by atoms with van der Waals surface area (Å²) in [5, 5.41) is 45.6. The molecule has 0 spiro atoms. The van der Waals surface area contributed by atoms with Gasteiger partial charge in [0, 0.05) is 44.4 Å². The molecule has 3 saturated heterocycles. The normalized spacial score (nSPS) is 49.0. The van der Waals surface area contributed by atoms with E-state index in [1.54, 1.807) is 48.5 Å². The monoisotopic (exact) mass is 747 g/mol. The molecular formula is C38H69NO13. The molecule has 3 fully saturated rings. The van der Waals surface area contributed by atoms with Gasteiger partial charge < -0.3 is 58.5 Å². The van der Waals surface area contributed by atoms with Crippen LogP contribution in [0.2, 0.25) is 0 Å². The molecule has 0 aromatic carbocycles. The quantitative estimate of drug-likeness (QED) is 0.266. The number of hydrogen-bond donors (Lipinski definition) is 4. The third-order valence-electron chi connectivity index (χ3n) is 12.3. The Kier molecular flexibility index (Phi) is 15.3. The maximum Gasteiger partial charge on any atom is 0.311 e. The number of carbonyl (C=O) groups excluding carboxylic acids is 2. The van der Waals surface area contributed by atoms with E-state index in [9.17, 15) is 30.0 Å². The molecule has 0 saturated carbocycles. The molecule has 3 aliphatic heterocycles. The molecule has 3 heterocycles. The van der Waals surface area contributed by atoms with Gasteiger partial charge in [0.1, 0.15) is 29.7 Å². The Morgan fingerprint density at radius 3 is 1.98 bits per heavy atom. The first-order valence-corrected chi connectivity index (χ1v) is 18.9. The zero-order valence-electron chi connectivity index (χ0n) is 33.9. The number of likely N-dealkylation sites (N-methyl/N-ethyl adjacent to an activating group) is 1. The third kappa shape index (κ3) is 9.38. The van der Waals surface area contributed by atoms with E-state index in [0.29, 0.717) is 6.42 Å². The Hall–Kier alpha value is -1.30. The van der Waals surface area contributed by atoms with Crippen molar-refractivity contribution in [3.05, 3.63) is 0 Å². The zero-order chi connectivity index (χ0) is 39.7. The number of hydrogen-bond acceptors (Lipinski definition) is 14. The lowest BCUT2D eigenvalue weighted by atomic mass is 9.74. The van der Waals surface area contributed by atoms with E-state index >= 15 is 0 Å². The van der Waals surface area contributed by atoms with Crippen LogP contribution in [0, 0.1) is 23.7 Å². The molecule has 304 valence electrons. The van der Waals surface area contributed by atoms with Gasteiger partial charge in [0.05, 0.1) is 47.6 Å². The second-order valence-corrected chi connectivity index (χ2v) is 16.6. The molecule has 4 N–H and O–H groups in total. The average Bonchev–Trinajstić information content (AvgIpc) is 3.09. The molecule has 52 heavy (non-hydrogen) atoms. The summed E-state index contributed by atoms with van der Waals surface area (Å²) in [7, 11) is 6.77. The van der Waals surface area contributed by atoms with E-state index in [1.807, 2.05) is 32.8 Å². The number of cyclic esters (lactones) is 1. The number of carbonyl (C=O) groups is 2. The zero-order valence-corrected chi connectivity index (χ0v) is 33.9. The number of nitrogens with zero attached hydrogens (tertiary/aromatic N) is 1. The largest absolute Gasteiger partial charge is 0.459 e. The van der Waals surface area contributed by atoms with E-state index in [4.69, 9.17) is 33.2 Å². The fourth-order valence-electron chi connectivity index (χ4n) is 8.58. The highest BCUT2D eigenvalue weighted by Crippen LogP contribution is 2.41. The van der Waals surface area contributed by atoms with Gasteiger partial charge in [0.25, 0.3) is 0 Å². The maximum absolute atomic E-state index is 14.2. The van der Waals surface area contributed by atoms with Crippen molar-refractivity contribution in [3.8, 4) is 0 Å². The van der Waals surface area contributed by atoms with Crippen molar-refractivity contribution in [2.45, 2.75) is 179 Å². The lowest BCUT2D eigenvalue weighted by Gasteiger charge is -2.50. The van der Waals surface area contributed by atoms with E-state index in [-0.39, 0.29) is 37.2 Å².